The molecule has 5 fully saturated rings. The molecular weight excluding hydrogens is 700 g/mol. The number of esters is 1. The number of aliphatic hydroxyl groups is 1. The number of rotatable bonds is 4. The van der Waals surface area contributed by atoms with Gasteiger partial charge in [-0.2, -0.15) is 26.3 Å². The predicted molar refractivity (Wildman–Crippen MR) is 135 cm³/mol. The van der Waals surface area contributed by atoms with Crippen molar-refractivity contribution in [3.8, 4) is 0 Å². The van der Waals surface area contributed by atoms with E-state index >= 15 is 0 Å². The van der Waals surface area contributed by atoms with Crippen molar-refractivity contribution >= 4 is 5.97 Å². The molecule has 3 nitrogen and oxygen atoms in total. The van der Waals surface area contributed by atoms with Crippen molar-refractivity contribution in [2.24, 2.45) is 59.2 Å². The van der Waals surface area contributed by atoms with Crippen molar-refractivity contribution in [2.75, 3.05) is 0 Å². The maximum Gasteiger partial charge on any atom is 0.426 e. The predicted octanol–water partition coefficient (Wildman–Crippen LogP) is 5.34. The number of hydrogen-bond donors (Lipinski definition) is 1. The number of hydrogen-bond acceptors (Lipinski definition) is 3. The molecule has 11 heteroatoms. The maximum absolute atomic E-state index is 12.7. The van der Waals surface area contributed by atoms with Gasteiger partial charge in [-0.1, -0.05) is 34.1 Å². The van der Waals surface area contributed by atoms with Crippen LogP contribution in [0.15, 0.2) is 0 Å². The number of ether oxygens (including phenoxy) is 1. The van der Waals surface area contributed by atoms with Gasteiger partial charge < -0.3 is 33.8 Å². The zero-order valence-electron chi connectivity index (χ0n) is 24.7. The van der Waals surface area contributed by atoms with Crippen LogP contribution in [-0.4, -0.2) is 34.6 Å². The number of carbonyl (C=O) groups excluding carboxylic acids is 1. The van der Waals surface area contributed by atoms with Crippen LogP contribution in [0, 0.1) is 59.2 Å². The molecule has 10 unspecified atom stereocenters. The molecule has 0 aromatic heterocycles. The Bertz CT molecular complexity index is 874. The summed E-state index contributed by atoms with van der Waals surface area (Å²) in [6.07, 6.45) is -3.41. The van der Waals surface area contributed by atoms with Crippen molar-refractivity contribution in [3.05, 3.63) is 0 Å². The summed E-state index contributed by atoms with van der Waals surface area (Å²) >= 11 is 0. The molecule has 4 bridgehead atoms. The molecule has 5 saturated carbocycles. The minimum absolute atomic E-state index is 0. The molecule has 0 aromatic carbocycles. The van der Waals surface area contributed by atoms with Crippen LogP contribution in [0.25, 0.3) is 0 Å². The molecule has 0 spiro atoms. The fourth-order valence-corrected chi connectivity index (χ4v) is 9.03. The largest absolute Gasteiger partial charge is 1.00 e. The first kappa shape index (κ1) is 37.5. The molecule has 41 heavy (non-hydrogen) atoms. The van der Waals surface area contributed by atoms with Crippen LogP contribution < -0.4 is 24.0 Å². The third kappa shape index (κ3) is 7.26. The minimum atomic E-state index is -5.69. The van der Waals surface area contributed by atoms with Gasteiger partial charge in [0, 0.05) is 18.6 Å². The Morgan fingerprint density at radius 1 is 0.780 bits per heavy atom. The van der Waals surface area contributed by atoms with E-state index in [2.05, 4.69) is 20.8 Å². The first-order chi connectivity index (χ1) is 17.9. The van der Waals surface area contributed by atoms with E-state index in [9.17, 15) is 36.2 Å². The van der Waals surface area contributed by atoms with Gasteiger partial charge in [0.05, 0.1) is 5.92 Å². The van der Waals surface area contributed by atoms with Crippen molar-refractivity contribution in [1.29, 1.82) is 0 Å². The van der Waals surface area contributed by atoms with Crippen LogP contribution in [0.1, 0.15) is 98.8 Å². The number of halogens is 7. The Morgan fingerprint density at radius 2 is 1.24 bits per heavy atom. The Hall–Kier alpha value is 0.324. The second kappa shape index (κ2) is 13.4. The van der Waals surface area contributed by atoms with E-state index in [1.54, 1.807) is 0 Å². The summed E-state index contributed by atoms with van der Waals surface area (Å²) < 4.78 is 82.2. The van der Waals surface area contributed by atoms with Gasteiger partial charge in [0.25, 0.3) is 5.60 Å². The monoisotopic (exact) mass is 746 g/mol. The Kier molecular flexibility index (Phi) is 12.2. The summed E-state index contributed by atoms with van der Waals surface area (Å²) in [5, 5.41) is 9.28. The Labute approximate surface area is 270 Å². The Balaban J connectivity index is 0.000000274. The number of alkyl halides is 6. The molecular formula is C30H46F6IO3V-. The summed E-state index contributed by atoms with van der Waals surface area (Å²) in [4.78, 5) is 12.5. The van der Waals surface area contributed by atoms with E-state index < -0.39 is 30.3 Å². The van der Waals surface area contributed by atoms with Crippen LogP contribution >= 0.6 is 0 Å². The molecule has 10 atom stereocenters. The van der Waals surface area contributed by atoms with Crippen LogP contribution in [0.2, 0.25) is 0 Å². The van der Waals surface area contributed by atoms with Gasteiger partial charge >= 0.3 is 18.3 Å². The summed E-state index contributed by atoms with van der Waals surface area (Å²) in [7, 11) is 0. The molecule has 5 aliphatic carbocycles. The summed E-state index contributed by atoms with van der Waals surface area (Å²) in [6.45, 7) is 10.7. The average Bonchev–Trinajstić information content (AvgIpc) is 3.57. The fourth-order valence-electron chi connectivity index (χ4n) is 9.03. The minimum Gasteiger partial charge on any atom is -1.00 e. The normalized spacial score (nSPS) is 39.3. The second-order valence-corrected chi connectivity index (χ2v) is 14.1. The molecule has 1 N–H and O–H groups in total. The van der Waals surface area contributed by atoms with E-state index in [0.29, 0.717) is 30.6 Å². The van der Waals surface area contributed by atoms with E-state index in [1.807, 2.05) is 13.8 Å². The van der Waals surface area contributed by atoms with Crippen molar-refractivity contribution < 1.29 is 83.5 Å². The first-order valence-corrected chi connectivity index (χ1v) is 15.0. The van der Waals surface area contributed by atoms with E-state index in [-0.39, 0.29) is 77.8 Å². The van der Waals surface area contributed by atoms with Gasteiger partial charge in [0.2, 0.25) is 0 Å². The number of fused-ring (bicyclic) bond motifs is 4. The van der Waals surface area contributed by atoms with Gasteiger partial charge in [0.1, 0.15) is 5.60 Å². The molecule has 239 valence electrons. The second-order valence-electron chi connectivity index (χ2n) is 14.1. The van der Waals surface area contributed by atoms with Gasteiger partial charge in [-0.25, -0.2) is 0 Å². The maximum atomic E-state index is 12.7. The summed E-state index contributed by atoms with van der Waals surface area (Å²) in [5.74, 6) is 2.98. The van der Waals surface area contributed by atoms with Gasteiger partial charge in [-0.05, 0) is 118 Å². The molecule has 0 amide bonds. The van der Waals surface area contributed by atoms with Crippen molar-refractivity contribution in [2.45, 2.75) is 122 Å². The third-order valence-electron chi connectivity index (χ3n) is 12.0. The zero-order valence-corrected chi connectivity index (χ0v) is 28.3. The zero-order chi connectivity index (χ0) is 29.1. The van der Waals surface area contributed by atoms with Crippen LogP contribution in [0.5, 0.6) is 0 Å². The molecule has 0 aliphatic heterocycles. The van der Waals surface area contributed by atoms with Crippen LogP contribution in [0.4, 0.5) is 26.3 Å². The molecule has 5 aliphatic rings. The third-order valence-corrected chi connectivity index (χ3v) is 12.0. The molecule has 0 saturated heterocycles. The summed E-state index contributed by atoms with van der Waals surface area (Å²) in [6, 6.07) is 0. The fraction of sp³-hybridized carbons (Fsp3) is 0.967. The SMILES string of the molecule is CC1C2CC(C(=O)OC3(C)CCCCC3)C(C2)C1C.CC1C2CC(CC(O)(C(F)(F)F)C(F)(F)F)C(C2)C1C.[I-].[V]. The van der Waals surface area contributed by atoms with Crippen molar-refractivity contribution in [3.63, 3.8) is 0 Å². The Morgan fingerprint density at radius 3 is 1.66 bits per heavy atom. The molecule has 1 radical (unpaired) electrons. The average molecular weight is 747 g/mol. The van der Waals surface area contributed by atoms with Gasteiger partial charge in [0.15, 0.2) is 0 Å². The standard InChI is InChI=1S/C17H28O2.C13H18F6O.HI.V/c1-11-12(2)14-9-13(11)10-15(14)16(18)19-17(3)7-5-4-6-8-17;1-6-7(2)10-4-8(6)3-9(10)5-11(20,12(14,15)16)13(17,18)19;;/h11-15H,4-10H2,1-3H3;6-10,20H,3-5H2,1-2H3;1H;/p-1. The van der Waals surface area contributed by atoms with Gasteiger partial charge in [-0.15, -0.1) is 0 Å². The van der Waals surface area contributed by atoms with Crippen LogP contribution in [0.3, 0.4) is 0 Å². The quantitative estimate of drug-likeness (QED) is 0.240. The van der Waals surface area contributed by atoms with Crippen molar-refractivity contribution in [1.82, 2.24) is 0 Å². The van der Waals surface area contributed by atoms with Gasteiger partial charge in [-0.3, -0.25) is 4.79 Å². The van der Waals surface area contributed by atoms with Crippen LogP contribution in [-0.2, 0) is 28.1 Å². The molecule has 0 heterocycles. The number of carbonyl (C=O) groups is 1. The smallest absolute Gasteiger partial charge is 0.426 e. The van der Waals surface area contributed by atoms with E-state index in [1.165, 1.54) is 25.7 Å². The van der Waals surface area contributed by atoms with E-state index in [0.717, 1.165) is 31.1 Å². The van der Waals surface area contributed by atoms with E-state index in [4.69, 9.17) is 4.74 Å². The topological polar surface area (TPSA) is 46.5 Å². The first-order valence-electron chi connectivity index (χ1n) is 15.0. The molecule has 0 aromatic rings. The molecule has 5 rings (SSSR count). The summed E-state index contributed by atoms with van der Waals surface area (Å²) in [5.41, 5.74) is -4.75.